The van der Waals surface area contributed by atoms with Crippen LogP contribution in [0.1, 0.15) is 110 Å². The molecular weight excluding hydrogens is 732 g/mol. The third-order valence-corrected chi connectivity index (χ3v) is 9.81. The second-order valence-corrected chi connectivity index (χ2v) is 15.4. The maximum atomic E-state index is 14.2. The van der Waals surface area contributed by atoms with Crippen molar-refractivity contribution in [3.63, 3.8) is 0 Å². The number of nitrogens with zero attached hydrogens (tertiary/aromatic N) is 2. The van der Waals surface area contributed by atoms with Gasteiger partial charge in [0, 0.05) is 11.1 Å². The molecule has 0 aliphatic carbocycles. The number of aromatic nitrogens is 2. The largest absolute Gasteiger partial charge is 0.491 e. The Balaban J connectivity index is 1.62. The van der Waals surface area contributed by atoms with Crippen LogP contribution in [0.3, 0.4) is 0 Å². The Hall–Kier alpha value is -5.03. The number of hydrogen-bond donors (Lipinski definition) is 3. The fourth-order valence-electron chi connectivity index (χ4n) is 6.36. The zero-order chi connectivity index (χ0) is 41.0. The van der Waals surface area contributed by atoms with E-state index in [4.69, 9.17) is 21.1 Å². The van der Waals surface area contributed by atoms with Crippen LogP contribution in [0.25, 0.3) is 0 Å². The number of aryl methyl sites for hydroxylation is 2. The molecule has 0 aliphatic heterocycles. The van der Waals surface area contributed by atoms with Crippen molar-refractivity contribution in [2.45, 2.75) is 119 Å². The number of halogens is 1. The first-order valence-corrected chi connectivity index (χ1v) is 20.1. The molecule has 0 bridgehead atoms. The van der Waals surface area contributed by atoms with Crippen LogP contribution in [0.5, 0.6) is 17.5 Å². The average molecular weight is 789 g/mol. The fourth-order valence-corrected chi connectivity index (χ4v) is 6.52. The molecule has 2 unspecified atom stereocenters. The minimum atomic E-state index is -1.80. The van der Waals surface area contributed by atoms with Crippen molar-refractivity contribution in [3.05, 3.63) is 98.9 Å². The highest BCUT2D eigenvalue weighted by atomic mass is 35.5. The van der Waals surface area contributed by atoms with E-state index in [0.29, 0.717) is 17.9 Å². The minimum Gasteiger partial charge on any atom is -0.491 e. The maximum absolute atomic E-state index is 14.2. The molecule has 0 saturated carbocycles. The molecular formula is C44H57ClN4O7. The second kappa shape index (κ2) is 20.2. The Bertz CT molecular complexity index is 2020. The first-order valence-electron chi connectivity index (χ1n) is 19.7. The molecule has 3 N–H and O–H groups in total. The molecule has 1 aromatic heterocycles. The van der Waals surface area contributed by atoms with E-state index in [1.165, 1.54) is 22.3 Å². The third-order valence-electron chi connectivity index (χ3n) is 9.48. The van der Waals surface area contributed by atoms with Crippen LogP contribution in [0.4, 0.5) is 11.4 Å². The van der Waals surface area contributed by atoms with Crippen LogP contribution in [0.15, 0.2) is 71.5 Å². The number of amides is 2. The second-order valence-electron chi connectivity index (χ2n) is 15.0. The molecule has 0 spiro atoms. The van der Waals surface area contributed by atoms with Crippen molar-refractivity contribution < 1.29 is 29.0 Å². The summed E-state index contributed by atoms with van der Waals surface area (Å²) in [6, 6.07) is 18.1. The summed E-state index contributed by atoms with van der Waals surface area (Å²) in [4.78, 5) is 55.8. The van der Waals surface area contributed by atoms with Gasteiger partial charge in [-0.2, -0.15) is 0 Å². The number of hydrogen-bond acceptors (Lipinski definition) is 7. The number of benzene rings is 3. The van der Waals surface area contributed by atoms with Crippen molar-refractivity contribution in [2.24, 2.45) is 5.41 Å². The summed E-state index contributed by atoms with van der Waals surface area (Å²) in [6.07, 6.45) is 6.87. The summed E-state index contributed by atoms with van der Waals surface area (Å²) < 4.78 is 14.0. The Morgan fingerprint density at radius 3 is 2.20 bits per heavy atom. The number of aromatic hydroxyl groups is 1. The molecule has 2 amide bonds. The van der Waals surface area contributed by atoms with Gasteiger partial charge in [0.05, 0.1) is 23.9 Å². The molecule has 2 atom stereocenters. The maximum Gasteiger partial charge on any atom is 0.335 e. The van der Waals surface area contributed by atoms with E-state index in [2.05, 4.69) is 36.6 Å². The SMILES string of the molecule is CCCCCc1cc(CCCC)ccc1OC(CC)C(=O)Nc1ccc(Cl)c(NC(=O)C(C(=O)C(C)(C)C)n2c(O)c(OCC)n(Cc3ccccc3)c2=O)c1. The van der Waals surface area contributed by atoms with Gasteiger partial charge in [0.25, 0.3) is 23.6 Å². The van der Waals surface area contributed by atoms with Crippen molar-refractivity contribution in [2.75, 3.05) is 17.2 Å². The number of carbonyl (C=O) groups is 3. The number of imidazole rings is 1. The van der Waals surface area contributed by atoms with Gasteiger partial charge < -0.3 is 25.2 Å². The molecule has 12 heteroatoms. The summed E-state index contributed by atoms with van der Waals surface area (Å²) in [6.45, 7) is 12.9. The highest BCUT2D eigenvalue weighted by molar-refractivity contribution is 6.34. The Morgan fingerprint density at radius 2 is 1.55 bits per heavy atom. The number of anilines is 2. The van der Waals surface area contributed by atoms with Gasteiger partial charge in [-0.1, -0.05) is 115 Å². The first-order chi connectivity index (χ1) is 26.7. The zero-order valence-corrected chi connectivity index (χ0v) is 34.5. The Morgan fingerprint density at radius 1 is 0.839 bits per heavy atom. The van der Waals surface area contributed by atoms with E-state index in [1.54, 1.807) is 45.9 Å². The van der Waals surface area contributed by atoms with Crippen molar-refractivity contribution in [1.82, 2.24) is 9.13 Å². The molecule has 4 rings (SSSR count). The van der Waals surface area contributed by atoms with Gasteiger partial charge >= 0.3 is 5.69 Å². The van der Waals surface area contributed by atoms with Gasteiger partial charge in [-0.15, -0.1) is 0 Å². The lowest BCUT2D eigenvalue weighted by Gasteiger charge is -2.25. The van der Waals surface area contributed by atoms with E-state index >= 15 is 0 Å². The van der Waals surface area contributed by atoms with E-state index in [1.807, 2.05) is 31.2 Å². The van der Waals surface area contributed by atoms with E-state index < -0.39 is 40.8 Å². The quantitative estimate of drug-likeness (QED) is 0.0599. The van der Waals surface area contributed by atoms with Crippen LogP contribution in [-0.4, -0.2) is 44.5 Å². The van der Waals surface area contributed by atoms with Gasteiger partial charge in [-0.05, 0) is 80.0 Å². The average Bonchev–Trinajstić information content (AvgIpc) is 3.38. The summed E-state index contributed by atoms with van der Waals surface area (Å²) in [5.74, 6) is -2.08. The molecule has 0 saturated heterocycles. The van der Waals surface area contributed by atoms with Crippen LogP contribution < -0.4 is 25.8 Å². The lowest BCUT2D eigenvalue weighted by Crippen LogP contribution is -2.43. The van der Waals surface area contributed by atoms with Gasteiger partial charge in [0.2, 0.25) is 0 Å². The topological polar surface area (TPSA) is 141 Å². The third kappa shape index (κ3) is 11.1. The Labute approximate surface area is 335 Å². The monoisotopic (exact) mass is 788 g/mol. The van der Waals surface area contributed by atoms with Crippen molar-refractivity contribution in [1.29, 1.82) is 0 Å². The normalized spacial score (nSPS) is 12.5. The number of nitrogens with one attached hydrogen (secondary N) is 2. The predicted molar refractivity (Wildman–Crippen MR) is 222 cm³/mol. The highest BCUT2D eigenvalue weighted by Gasteiger charge is 2.41. The van der Waals surface area contributed by atoms with Crippen molar-refractivity contribution >= 4 is 40.6 Å². The summed E-state index contributed by atoms with van der Waals surface area (Å²) in [7, 11) is 0. The zero-order valence-electron chi connectivity index (χ0n) is 33.7. The van der Waals surface area contributed by atoms with E-state index in [9.17, 15) is 24.3 Å². The number of carbonyl (C=O) groups excluding carboxylic acids is 3. The molecule has 0 radical (unpaired) electrons. The van der Waals surface area contributed by atoms with Crippen molar-refractivity contribution in [3.8, 4) is 17.5 Å². The number of Topliss-reactive ketones (excluding diaryl/α,β-unsaturated/α-hetero) is 1. The molecule has 0 aliphatic rings. The van der Waals surface area contributed by atoms with Gasteiger partial charge in [-0.3, -0.25) is 19.0 Å². The van der Waals surface area contributed by atoms with Gasteiger partial charge in [0.15, 0.2) is 17.9 Å². The van der Waals surface area contributed by atoms with Crippen LogP contribution in [0.2, 0.25) is 5.02 Å². The molecule has 4 aromatic rings. The summed E-state index contributed by atoms with van der Waals surface area (Å²) >= 11 is 6.55. The van der Waals surface area contributed by atoms with Crippen LogP contribution in [-0.2, 0) is 33.8 Å². The number of ether oxygens (including phenoxy) is 2. The van der Waals surface area contributed by atoms with Gasteiger partial charge in [-0.25, -0.2) is 9.36 Å². The predicted octanol–water partition coefficient (Wildman–Crippen LogP) is 9.12. The first kappa shape index (κ1) is 43.7. The molecule has 0 fully saturated rings. The molecule has 302 valence electrons. The Kier molecular flexibility index (Phi) is 15.8. The van der Waals surface area contributed by atoms with Crippen LogP contribution >= 0.6 is 11.6 Å². The number of rotatable bonds is 20. The van der Waals surface area contributed by atoms with Crippen LogP contribution in [0, 0.1) is 5.41 Å². The minimum absolute atomic E-state index is 0.0219. The smallest absolute Gasteiger partial charge is 0.335 e. The highest BCUT2D eigenvalue weighted by Crippen LogP contribution is 2.34. The van der Waals surface area contributed by atoms with E-state index in [0.717, 1.165) is 60.6 Å². The summed E-state index contributed by atoms with van der Waals surface area (Å²) in [5.41, 5.74) is 1.56. The van der Waals surface area contributed by atoms with E-state index in [-0.39, 0.29) is 35.6 Å². The fraction of sp³-hybridized carbons (Fsp3) is 0.455. The molecule has 1 heterocycles. The lowest BCUT2D eigenvalue weighted by molar-refractivity contribution is -0.135. The lowest BCUT2D eigenvalue weighted by atomic mass is 9.86. The standard InChI is InChI=1S/C44H57ClN4O7/c1-8-12-15-21-31-26-29(18-13-9-2)22-25-36(31)56-35(10-3)39(51)46-32-23-24-33(45)34(27-32)47-40(52)37(38(50)44(5,6)7)49-41(53)42(55-11-4)48(43(49)54)28-30-19-16-14-17-20-30/h14,16-17,19-20,22-27,35,37,53H,8-13,15,18,21,28H2,1-7H3,(H,46,51)(H,47,52). The summed E-state index contributed by atoms with van der Waals surface area (Å²) in [5, 5.41) is 17.1. The number of ketones is 1. The number of unbranched alkanes of at least 4 members (excludes halogenated alkanes) is 3. The molecule has 3 aromatic carbocycles. The molecule has 56 heavy (non-hydrogen) atoms. The molecule has 11 nitrogen and oxygen atoms in total. The van der Waals surface area contributed by atoms with Gasteiger partial charge in [0.1, 0.15) is 5.75 Å².